The third kappa shape index (κ3) is 4.30. The average Bonchev–Trinajstić information content (AvgIpc) is 3.33. The van der Waals surface area contributed by atoms with Crippen molar-refractivity contribution in [3.63, 3.8) is 0 Å². The van der Waals surface area contributed by atoms with E-state index in [0.717, 1.165) is 46.7 Å². The molecule has 6 rings (SSSR count). The van der Waals surface area contributed by atoms with E-state index in [1.54, 1.807) is 11.3 Å². The van der Waals surface area contributed by atoms with Crippen molar-refractivity contribution in [1.29, 1.82) is 0 Å². The van der Waals surface area contributed by atoms with Gasteiger partial charge in [-0.3, -0.25) is 0 Å². The maximum atomic E-state index is 6.89. The molecule has 0 aliphatic carbocycles. The van der Waals surface area contributed by atoms with Crippen LogP contribution in [0.3, 0.4) is 0 Å². The molecule has 1 aliphatic heterocycles. The van der Waals surface area contributed by atoms with Gasteiger partial charge in [-0.1, -0.05) is 86.5 Å². The average molecular weight is 615 g/mol. The van der Waals surface area contributed by atoms with Crippen molar-refractivity contribution in [3.8, 4) is 0 Å². The fourth-order valence-corrected chi connectivity index (χ4v) is 6.21. The number of allylic oxidation sites excluding steroid dienone is 1. The lowest BCUT2D eigenvalue weighted by Gasteiger charge is -2.40. The van der Waals surface area contributed by atoms with Crippen molar-refractivity contribution in [2.45, 2.75) is 6.04 Å². The number of thiazole rings is 1. The molecule has 0 radical (unpaired) electrons. The van der Waals surface area contributed by atoms with Crippen LogP contribution in [-0.4, -0.2) is 4.98 Å². The largest absolute Gasteiger partial charge is 0.397 e. The van der Waals surface area contributed by atoms with Crippen LogP contribution in [0.2, 0.25) is 0 Å². The molecule has 3 nitrogen and oxygen atoms in total. The van der Waals surface area contributed by atoms with E-state index in [2.05, 4.69) is 128 Å². The number of hydrogen-bond acceptors (Lipinski definition) is 4. The standard InChI is InChI=1S/C30H21Br2N3S/c31-21-12-10-20(11-13-21)28-24(19-6-2-1-3-7-19)18-25(33)29(35(28)23-16-14-22(32)15-17-23)30-34-26-8-4-5-9-27(26)36-30/h1-18,28H,33H2. The normalized spacial score (nSPS) is 15.9. The van der Waals surface area contributed by atoms with Gasteiger partial charge in [0.1, 0.15) is 10.7 Å². The first-order valence-corrected chi connectivity index (χ1v) is 13.9. The first-order valence-electron chi connectivity index (χ1n) is 11.5. The van der Waals surface area contributed by atoms with Crippen LogP contribution in [0.4, 0.5) is 5.69 Å². The van der Waals surface area contributed by atoms with Gasteiger partial charge in [0.15, 0.2) is 0 Å². The number of aromatic nitrogens is 1. The van der Waals surface area contributed by atoms with Gasteiger partial charge in [-0.05, 0) is 71.3 Å². The van der Waals surface area contributed by atoms with Crippen molar-refractivity contribution in [1.82, 2.24) is 4.98 Å². The molecule has 36 heavy (non-hydrogen) atoms. The Morgan fingerprint density at radius 1 is 0.750 bits per heavy atom. The topological polar surface area (TPSA) is 42.1 Å². The van der Waals surface area contributed by atoms with Gasteiger partial charge in [-0.15, -0.1) is 11.3 Å². The van der Waals surface area contributed by atoms with Crippen molar-refractivity contribution in [3.05, 3.63) is 140 Å². The van der Waals surface area contributed by atoms with E-state index < -0.39 is 0 Å². The second kappa shape index (κ2) is 9.69. The van der Waals surface area contributed by atoms with Gasteiger partial charge in [0.25, 0.3) is 0 Å². The van der Waals surface area contributed by atoms with E-state index in [1.807, 2.05) is 18.2 Å². The Labute approximate surface area is 230 Å². The maximum Gasteiger partial charge on any atom is 0.143 e. The van der Waals surface area contributed by atoms with Gasteiger partial charge in [-0.25, -0.2) is 4.98 Å². The summed E-state index contributed by atoms with van der Waals surface area (Å²) in [5.74, 6) is 0. The summed E-state index contributed by atoms with van der Waals surface area (Å²) in [5.41, 5.74) is 14.0. The Kier molecular flexibility index (Phi) is 6.25. The highest BCUT2D eigenvalue weighted by molar-refractivity contribution is 9.10. The second-order valence-corrected chi connectivity index (χ2v) is 11.4. The first kappa shape index (κ1) is 23.2. The summed E-state index contributed by atoms with van der Waals surface area (Å²) < 4.78 is 3.21. The highest BCUT2D eigenvalue weighted by Crippen LogP contribution is 2.48. The molecule has 0 bridgehead atoms. The monoisotopic (exact) mass is 613 g/mol. The summed E-state index contributed by atoms with van der Waals surface area (Å²) >= 11 is 8.87. The highest BCUT2D eigenvalue weighted by atomic mass is 79.9. The van der Waals surface area contributed by atoms with Crippen LogP contribution >= 0.6 is 43.2 Å². The van der Waals surface area contributed by atoms with Gasteiger partial charge < -0.3 is 10.6 Å². The molecule has 5 aromatic rings. The number of hydrogen-bond donors (Lipinski definition) is 1. The summed E-state index contributed by atoms with van der Waals surface area (Å²) in [6, 6.07) is 35.5. The molecule has 1 aromatic heterocycles. The number of rotatable bonds is 4. The second-order valence-electron chi connectivity index (χ2n) is 8.56. The van der Waals surface area contributed by atoms with Crippen LogP contribution in [-0.2, 0) is 0 Å². The minimum atomic E-state index is -0.101. The van der Waals surface area contributed by atoms with E-state index >= 15 is 0 Å². The van der Waals surface area contributed by atoms with Crippen LogP contribution < -0.4 is 10.6 Å². The number of anilines is 1. The molecule has 0 saturated carbocycles. The Hall–Kier alpha value is -3.19. The van der Waals surface area contributed by atoms with Gasteiger partial charge in [-0.2, -0.15) is 0 Å². The highest BCUT2D eigenvalue weighted by Gasteiger charge is 2.35. The van der Waals surface area contributed by atoms with E-state index in [0.29, 0.717) is 5.70 Å². The number of nitrogens with two attached hydrogens (primary N) is 1. The van der Waals surface area contributed by atoms with E-state index in [1.165, 1.54) is 5.56 Å². The molecular weight excluding hydrogens is 594 g/mol. The third-order valence-corrected chi connectivity index (χ3v) is 8.37. The van der Waals surface area contributed by atoms with Crippen LogP contribution in [0.5, 0.6) is 0 Å². The quantitative estimate of drug-likeness (QED) is 0.220. The molecular formula is C30H21Br2N3S. The summed E-state index contributed by atoms with van der Waals surface area (Å²) in [7, 11) is 0. The number of halogens is 2. The van der Waals surface area contributed by atoms with Crippen molar-refractivity contribution < 1.29 is 0 Å². The molecule has 4 aromatic carbocycles. The fraction of sp³-hybridized carbons (Fsp3) is 0.0333. The Balaban J connectivity index is 1.64. The summed E-state index contributed by atoms with van der Waals surface area (Å²) in [5, 5.41) is 0.905. The zero-order chi connectivity index (χ0) is 24.6. The number of nitrogens with zero attached hydrogens (tertiary/aromatic N) is 2. The predicted octanol–water partition coefficient (Wildman–Crippen LogP) is 8.79. The van der Waals surface area contributed by atoms with Crippen molar-refractivity contribution in [2.24, 2.45) is 5.73 Å². The van der Waals surface area contributed by atoms with Crippen molar-refractivity contribution >= 4 is 70.4 Å². The lowest BCUT2D eigenvalue weighted by atomic mass is 9.87. The van der Waals surface area contributed by atoms with Crippen LogP contribution in [0.25, 0.3) is 21.5 Å². The van der Waals surface area contributed by atoms with Crippen LogP contribution in [0, 0.1) is 0 Å². The molecule has 1 aliphatic rings. The molecule has 0 saturated heterocycles. The third-order valence-electron chi connectivity index (χ3n) is 6.27. The van der Waals surface area contributed by atoms with E-state index in [4.69, 9.17) is 10.7 Å². The molecule has 2 heterocycles. The molecule has 1 atom stereocenters. The molecule has 176 valence electrons. The van der Waals surface area contributed by atoms with Gasteiger partial charge in [0.05, 0.1) is 22.0 Å². The molecule has 0 amide bonds. The lowest BCUT2D eigenvalue weighted by molar-refractivity contribution is 0.857. The van der Waals surface area contributed by atoms with Crippen molar-refractivity contribution in [2.75, 3.05) is 4.90 Å². The van der Waals surface area contributed by atoms with Gasteiger partial charge in [0, 0.05) is 14.6 Å². The first-order chi connectivity index (χ1) is 17.6. The Bertz CT molecular complexity index is 1570. The predicted molar refractivity (Wildman–Crippen MR) is 159 cm³/mol. The van der Waals surface area contributed by atoms with Gasteiger partial charge >= 0.3 is 0 Å². The molecule has 2 N–H and O–H groups in total. The zero-order valence-electron chi connectivity index (χ0n) is 19.1. The molecule has 0 spiro atoms. The minimum Gasteiger partial charge on any atom is -0.397 e. The number of para-hydroxylation sites is 1. The zero-order valence-corrected chi connectivity index (χ0v) is 23.1. The van der Waals surface area contributed by atoms with Gasteiger partial charge in [0.2, 0.25) is 0 Å². The lowest BCUT2D eigenvalue weighted by Crippen LogP contribution is -2.33. The summed E-state index contributed by atoms with van der Waals surface area (Å²) in [6.07, 6.45) is 2.12. The smallest absolute Gasteiger partial charge is 0.143 e. The van der Waals surface area contributed by atoms with Crippen LogP contribution in [0.15, 0.2) is 124 Å². The molecule has 6 heteroatoms. The molecule has 1 unspecified atom stereocenters. The fourth-order valence-electron chi connectivity index (χ4n) is 4.65. The molecule has 0 fully saturated rings. The Morgan fingerprint density at radius 2 is 1.39 bits per heavy atom. The number of fused-ring (bicyclic) bond motifs is 1. The maximum absolute atomic E-state index is 6.89. The van der Waals surface area contributed by atoms with E-state index in [-0.39, 0.29) is 6.04 Å². The Morgan fingerprint density at radius 3 is 2.08 bits per heavy atom. The van der Waals surface area contributed by atoms with Crippen LogP contribution in [0.1, 0.15) is 22.2 Å². The summed E-state index contributed by atoms with van der Waals surface area (Å²) in [6.45, 7) is 0. The van der Waals surface area contributed by atoms with E-state index in [9.17, 15) is 0 Å². The SMILES string of the molecule is NC1=C(c2nc3ccccc3s2)N(c2ccc(Br)cc2)C(c2ccc(Br)cc2)C(c2ccccc2)=C1. The summed E-state index contributed by atoms with van der Waals surface area (Å²) in [4.78, 5) is 7.35. The minimum absolute atomic E-state index is 0.101. The number of benzene rings is 4.